The number of anilines is 2. The van der Waals surface area contributed by atoms with Gasteiger partial charge in [0.1, 0.15) is 11.4 Å². The Morgan fingerprint density at radius 1 is 0.932 bits per heavy atom. The van der Waals surface area contributed by atoms with Gasteiger partial charge in [-0.05, 0) is 42.4 Å². The maximum atomic E-state index is 13.6. The zero-order chi connectivity index (χ0) is 33.5. The minimum Gasteiger partial charge on any atom is -0.493 e. The standard InChI is InChI=1S/C28H38F7N3O6/c1-15(2)17(10-16-6-7-20(43-4)21(11-16)44-9-5-8-42-3)12-18(36)19(39)13-37-22-23(25(41)24(22)40)38-14-26(29,30)27(31,32)28(33,34)35/h6-7,11,15,17-19,37-39H,5,8-10,12-14,36H2,1-4H3/t17-,18-,19-/m0/s1. The van der Waals surface area contributed by atoms with Crippen LogP contribution in [0.1, 0.15) is 32.3 Å². The zero-order valence-electron chi connectivity index (χ0n) is 24.7. The first-order chi connectivity index (χ1) is 20.4. The van der Waals surface area contributed by atoms with Crippen LogP contribution < -0.4 is 36.7 Å². The highest BCUT2D eigenvalue weighted by molar-refractivity contribution is 5.74. The third kappa shape index (κ3) is 8.97. The first kappa shape index (κ1) is 37.1. The highest BCUT2D eigenvalue weighted by Gasteiger charge is 2.72. The van der Waals surface area contributed by atoms with Gasteiger partial charge in [-0.2, -0.15) is 30.7 Å². The van der Waals surface area contributed by atoms with E-state index in [4.69, 9.17) is 19.9 Å². The molecule has 250 valence electrons. The number of benzene rings is 1. The molecule has 0 amide bonds. The van der Waals surface area contributed by atoms with E-state index in [0.29, 0.717) is 44.0 Å². The molecule has 0 bridgehead atoms. The van der Waals surface area contributed by atoms with Gasteiger partial charge in [0, 0.05) is 32.7 Å². The Morgan fingerprint density at radius 2 is 1.55 bits per heavy atom. The monoisotopic (exact) mass is 645 g/mol. The number of hydrogen-bond acceptors (Lipinski definition) is 9. The van der Waals surface area contributed by atoms with Gasteiger partial charge in [-0.15, -0.1) is 0 Å². The maximum absolute atomic E-state index is 13.6. The molecule has 0 saturated carbocycles. The van der Waals surface area contributed by atoms with Crippen LogP contribution in [0.5, 0.6) is 11.5 Å². The second kappa shape index (κ2) is 15.3. The second-order valence-corrected chi connectivity index (χ2v) is 10.8. The highest BCUT2D eigenvalue weighted by atomic mass is 19.4. The number of halogens is 7. The van der Waals surface area contributed by atoms with E-state index in [-0.39, 0.29) is 11.8 Å². The van der Waals surface area contributed by atoms with Gasteiger partial charge in [-0.25, -0.2) is 0 Å². The van der Waals surface area contributed by atoms with Crippen molar-refractivity contribution in [3.8, 4) is 11.5 Å². The van der Waals surface area contributed by atoms with Crippen LogP contribution in [0.25, 0.3) is 0 Å². The summed E-state index contributed by atoms with van der Waals surface area (Å²) in [4.78, 5) is 23.7. The Morgan fingerprint density at radius 3 is 2.09 bits per heavy atom. The molecular weight excluding hydrogens is 607 g/mol. The molecule has 0 aliphatic rings. The summed E-state index contributed by atoms with van der Waals surface area (Å²) in [5.41, 5.74) is 2.98. The maximum Gasteiger partial charge on any atom is 0.459 e. The highest BCUT2D eigenvalue weighted by Crippen LogP contribution is 2.46. The molecule has 0 fully saturated rings. The van der Waals surface area contributed by atoms with Crippen molar-refractivity contribution in [2.24, 2.45) is 17.6 Å². The molecule has 44 heavy (non-hydrogen) atoms. The van der Waals surface area contributed by atoms with E-state index >= 15 is 0 Å². The van der Waals surface area contributed by atoms with Gasteiger partial charge in [0.25, 0.3) is 10.9 Å². The Bertz CT molecular complexity index is 1280. The Balaban J connectivity index is 2.03. The van der Waals surface area contributed by atoms with Crippen molar-refractivity contribution in [2.45, 2.75) is 63.3 Å². The summed E-state index contributed by atoms with van der Waals surface area (Å²) < 4.78 is 107. The lowest BCUT2D eigenvalue weighted by Crippen LogP contribution is -2.55. The smallest absolute Gasteiger partial charge is 0.459 e. The Kier molecular flexibility index (Phi) is 12.9. The van der Waals surface area contributed by atoms with Gasteiger partial charge in [-0.3, -0.25) is 9.59 Å². The molecule has 2 aromatic carbocycles. The van der Waals surface area contributed by atoms with Crippen LogP contribution in [-0.2, 0) is 11.2 Å². The summed E-state index contributed by atoms with van der Waals surface area (Å²) in [5, 5.41) is 14.5. The van der Waals surface area contributed by atoms with Crippen molar-refractivity contribution in [2.75, 3.05) is 51.2 Å². The van der Waals surface area contributed by atoms with E-state index in [1.54, 1.807) is 13.2 Å². The molecule has 2 aromatic rings. The number of ether oxygens (including phenoxy) is 3. The molecule has 0 aromatic heterocycles. The van der Waals surface area contributed by atoms with Crippen molar-refractivity contribution >= 4 is 11.4 Å². The normalized spacial score (nSPS) is 14.9. The first-order valence-electron chi connectivity index (χ1n) is 13.7. The van der Waals surface area contributed by atoms with Crippen LogP contribution in [0.3, 0.4) is 0 Å². The fourth-order valence-electron chi connectivity index (χ4n) is 4.35. The quantitative estimate of drug-likeness (QED) is 0.102. The number of hydrogen-bond donors (Lipinski definition) is 4. The molecule has 0 aliphatic carbocycles. The zero-order valence-corrected chi connectivity index (χ0v) is 24.7. The third-order valence-electron chi connectivity index (χ3n) is 7.19. The number of nitrogens with one attached hydrogen (secondary N) is 2. The molecule has 0 unspecified atom stereocenters. The molecule has 2 rings (SSSR count). The Hall–Kier alpha value is -3.11. The lowest BCUT2D eigenvalue weighted by Gasteiger charge is -2.29. The molecule has 16 heteroatoms. The largest absolute Gasteiger partial charge is 0.493 e. The van der Waals surface area contributed by atoms with Gasteiger partial charge in [-0.1, -0.05) is 19.9 Å². The molecule has 0 aliphatic heterocycles. The lowest BCUT2D eigenvalue weighted by molar-refractivity contribution is -0.350. The number of alkyl halides is 7. The van der Waals surface area contributed by atoms with E-state index in [1.165, 1.54) is 12.4 Å². The van der Waals surface area contributed by atoms with Gasteiger partial charge >= 0.3 is 18.0 Å². The predicted octanol–water partition coefficient (Wildman–Crippen LogP) is 3.96. The first-order valence-corrected chi connectivity index (χ1v) is 13.7. The number of rotatable bonds is 19. The van der Waals surface area contributed by atoms with Crippen molar-refractivity contribution in [1.82, 2.24) is 0 Å². The van der Waals surface area contributed by atoms with Crippen molar-refractivity contribution in [3.05, 3.63) is 44.2 Å². The summed E-state index contributed by atoms with van der Waals surface area (Å²) in [6.07, 6.45) is -6.35. The van der Waals surface area contributed by atoms with E-state index in [2.05, 4.69) is 5.32 Å². The van der Waals surface area contributed by atoms with E-state index in [9.17, 15) is 45.4 Å². The molecular formula is C28H38F7N3O6. The number of aliphatic hydroxyl groups excluding tert-OH is 1. The van der Waals surface area contributed by atoms with Gasteiger partial charge in [0.2, 0.25) is 0 Å². The minimum absolute atomic E-state index is 0.0460. The number of nitrogens with two attached hydrogens (primary N) is 1. The van der Waals surface area contributed by atoms with E-state index in [1.807, 2.05) is 26.0 Å². The number of methoxy groups -OCH3 is 2. The fourth-order valence-corrected chi connectivity index (χ4v) is 4.35. The number of aliphatic hydroxyl groups is 1. The molecule has 3 atom stereocenters. The molecule has 9 nitrogen and oxygen atoms in total. The van der Waals surface area contributed by atoms with Crippen molar-refractivity contribution in [1.29, 1.82) is 0 Å². The molecule has 0 spiro atoms. The molecule has 5 N–H and O–H groups in total. The van der Waals surface area contributed by atoms with Crippen molar-refractivity contribution in [3.63, 3.8) is 0 Å². The summed E-state index contributed by atoms with van der Waals surface area (Å²) in [6.45, 7) is 2.16. The summed E-state index contributed by atoms with van der Waals surface area (Å²) in [7, 11) is 3.11. The third-order valence-corrected chi connectivity index (χ3v) is 7.19. The van der Waals surface area contributed by atoms with Gasteiger partial charge in [0.05, 0.1) is 26.4 Å². The topological polar surface area (TPSA) is 132 Å². The average molecular weight is 646 g/mol. The molecule has 0 saturated heterocycles. The fraction of sp³-hybridized carbons (Fsp3) is 0.643. The van der Waals surface area contributed by atoms with Crippen LogP contribution in [0, 0.1) is 11.8 Å². The summed E-state index contributed by atoms with van der Waals surface area (Å²) >= 11 is 0. The average Bonchev–Trinajstić information content (AvgIpc) is 2.95. The minimum atomic E-state index is -6.55. The predicted molar refractivity (Wildman–Crippen MR) is 150 cm³/mol. The molecule has 0 heterocycles. The van der Waals surface area contributed by atoms with E-state index < -0.39 is 65.5 Å². The van der Waals surface area contributed by atoms with Crippen LogP contribution in [0.4, 0.5) is 42.1 Å². The van der Waals surface area contributed by atoms with Crippen molar-refractivity contribution < 1.29 is 50.1 Å². The Labute approximate surface area is 249 Å². The molecule has 0 radical (unpaired) electrons. The van der Waals surface area contributed by atoms with Crippen LogP contribution in [-0.4, -0.2) is 75.8 Å². The van der Waals surface area contributed by atoms with E-state index in [0.717, 1.165) is 5.56 Å². The van der Waals surface area contributed by atoms with Gasteiger partial charge < -0.3 is 35.7 Å². The second-order valence-electron chi connectivity index (χ2n) is 10.8. The summed E-state index contributed by atoms with van der Waals surface area (Å²) in [5.74, 6) is -10.9. The van der Waals surface area contributed by atoms with Crippen LogP contribution >= 0.6 is 0 Å². The van der Waals surface area contributed by atoms with Gasteiger partial charge in [0.15, 0.2) is 11.5 Å². The lowest BCUT2D eigenvalue weighted by atomic mass is 9.83. The SMILES string of the molecule is COCCCOc1cc(C[C@@H](C[C@H](N)[C@@H](O)CNc2c(NCC(F)(F)C(F)(F)C(F)(F)F)c(=O)c2=O)C(C)C)ccc1OC. The van der Waals surface area contributed by atoms with Crippen LogP contribution in [0.15, 0.2) is 27.8 Å². The van der Waals surface area contributed by atoms with Crippen LogP contribution in [0.2, 0.25) is 0 Å². The summed E-state index contributed by atoms with van der Waals surface area (Å²) in [6, 6.07) is 4.62.